The highest BCUT2D eigenvalue weighted by Gasteiger charge is 2.09. The molecule has 5 nitrogen and oxygen atoms in total. The third-order valence-electron chi connectivity index (χ3n) is 4.04. The molecule has 1 N–H and O–H groups in total. The maximum absolute atomic E-state index is 12.6. The summed E-state index contributed by atoms with van der Waals surface area (Å²) in [5, 5.41) is 8.18. The Morgan fingerprint density at radius 1 is 1.08 bits per heavy atom. The van der Waals surface area contributed by atoms with Crippen LogP contribution >= 0.6 is 15.9 Å². The topological polar surface area (TPSA) is 59.8 Å². The number of rotatable bonds is 4. The van der Waals surface area contributed by atoms with Gasteiger partial charge in [0.25, 0.3) is 5.91 Å². The fourth-order valence-electron chi connectivity index (χ4n) is 2.77. The summed E-state index contributed by atoms with van der Waals surface area (Å²) in [6, 6.07) is 17.1. The average Bonchev–Trinajstić information content (AvgIpc) is 3.07. The van der Waals surface area contributed by atoms with Crippen LogP contribution in [0.2, 0.25) is 0 Å². The van der Waals surface area contributed by atoms with Crippen LogP contribution in [0.15, 0.2) is 77.7 Å². The van der Waals surface area contributed by atoms with E-state index in [2.05, 4.69) is 31.3 Å². The lowest BCUT2D eigenvalue weighted by molar-refractivity contribution is 0.102. The van der Waals surface area contributed by atoms with Crippen LogP contribution in [0.1, 0.15) is 15.9 Å². The lowest BCUT2D eigenvalue weighted by Gasteiger charge is -2.09. The lowest BCUT2D eigenvalue weighted by atomic mass is 10.1. The number of fused-ring (bicyclic) bond motifs is 1. The smallest absolute Gasteiger partial charge is 0.255 e. The number of carbonyl (C=O) groups excluding carboxylic acids is 1. The third kappa shape index (κ3) is 3.50. The zero-order valence-corrected chi connectivity index (χ0v) is 15.3. The summed E-state index contributed by atoms with van der Waals surface area (Å²) in [4.78, 5) is 16.9. The van der Waals surface area contributed by atoms with Crippen LogP contribution in [-0.4, -0.2) is 20.7 Å². The first-order chi connectivity index (χ1) is 12.7. The van der Waals surface area contributed by atoms with Crippen molar-refractivity contribution in [3.63, 3.8) is 0 Å². The summed E-state index contributed by atoms with van der Waals surface area (Å²) in [6.07, 6.45) is 5.38. The van der Waals surface area contributed by atoms with E-state index in [1.807, 2.05) is 65.5 Å². The number of aromatic nitrogens is 3. The standard InChI is InChI=1S/C20H15BrN4O/c21-17-11-23-25(13-17)12-14-6-8-16(9-7-14)20(26)24-18-5-1-3-15-4-2-10-22-19(15)18/h1-11,13H,12H2,(H,24,26). The van der Waals surface area contributed by atoms with Crippen LogP contribution in [0.4, 0.5) is 5.69 Å². The van der Waals surface area contributed by atoms with E-state index in [0.29, 0.717) is 17.8 Å². The average molecular weight is 407 g/mol. The number of nitrogens with zero attached hydrogens (tertiary/aromatic N) is 3. The van der Waals surface area contributed by atoms with Crippen molar-refractivity contribution in [3.05, 3.63) is 88.8 Å². The third-order valence-corrected chi connectivity index (χ3v) is 4.45. The number of pyridine rings is 1. The second-order valence-electron chi connectivity index (χ2n) is 5.89. The Hall–Kier alpha value is -2.99. The van der Waals surface area contributed by atoms with Gasteiger partial charge >= 0.3 is 0 Å². The Morgan fingerprint density at radius 3 is 2.65 bits per heavy atom. The number of amides is 1. The van der Waals surface area contributed by atoms with Crippen LogP contribution in [0.5, 0.6) is 0 Å². The molecule has 0 spiro atoms. The first kappa shape index (κ1) is 16.5. The molecule has 26 heavy (non-hydrogen) atoms. The summed E-state index contributed by atoms with van der Waals surface area (Å²) in [5.41, 5.74) is 3.16. The van der Waals surface area contributed by atoms with Crippen LogP contribution in [-0.2, 0) is 6.54 Å². The van der Waals surface area contributed by atoms with Crippen molar-refractivity contribution >= 4 is 38.4 Å². The quantitative estimate of drug-likeness (QED) is 0.542. The van der Waals surface area contributed by atoms with Gasteiger partial charge < -0.3 is 5.32 Å². The molecule has 1 amide bonds. The fourth-order valence-corrected chi connectivity index (χ4v) is 3.10. The van der Waals surface area contributed by atoms with E-state index in [1.165, 1.54) is 0 Å². The monoisotopic (exact) mass is 406 g/mol. The number of nitrogens with one attached hydrogen (secondary N) is 1. The van der Waals surface area contributed by atoms with Gasteiger partial charge in [0.1, 0.15) is 0 Å². The van der Waals surface area contributed by atoms with E-state index < -0.39 is 0 Å². The molecule has 0 fully saturated rings. The summed E-state index contributed by atoms with van der Waals surface area (Å²) < 4.78 is 2.78. The molecule has 4 aromatic rings. The summed E-state index contributed by atoms with van der Waals surface area (Å²) >= 11 is 3.38. The number of carbonyl (C=O) groups is 1. The van der Waals surface area contributed by atoms with Crippen molar-refractivity contribution in [3.8, 4) is 0 Å². The van der Waals surface area contributed by atoms with E-state index in [4.69, 9.17) is 0 Å². The van der Waals surface area contributed by atoms with Crippen LogP contribution in [0.3, 0.4) is 0 Å². The molecule has 0 saturated carbocycles. The van der Waals surface area contributed by atoms with Crippen molar-refractivity contribution in [2.24, 2.45) is 0 Å². The van der Waals surface area contributed by atoms with Crippen molar-refractivity contribution in [2.75, 3.05) is 5.32 Å². The molecule has 0 aliphatic heterocycles. The molecule has 128 valence electrons. The van der Waals surface area contributed by atoms with Gasteiger partial charge in [0.2, 0.25) is 0 Å². The zero-order chi connectivity index (χ0) is 17.9. The minimum atomic E-state index is -0.156. The molecule has 2 aromatic heterocycles. The minimum absolute atomic E-state index is 0.156. The largest absolute Gasteiger partial charge is 0.320 e. The second-order valence-corrected chi connectivity index (χ2v) is 6.80. The van der Waals surface area contributed by atoms with Crippen molar-refractivity contribution in [2.45, 2.75) is 6.54 Å². The summed E-state index contributed by atoms with van der Waals surface area (Å²) in [5.74, 6) is -0.156. The molecule has 0 aliphatic rings. The number of hydrogen-bond donors (Lipinski definition) is 1. The highest BCUT2D eigenvalue weighted by Crippen LogP contribution is 2.21. The lowest BCUT2D eigenvalue weighted by Crippen LogP contribution is -2.12. The molecule has 0 radical (unpaired) electrons. The molecule has 0 unspecified atom stereocenters. The Bertz CT molecular complexity index is 1070. The van der Waals surface area contributed by atoms with Crippen molar-refractivity contribution in [1.29, 1.82) is 0 Å². The van der Waals surface area contributed by atoms with Gasteiger partial charge in [-0.1, -0.05) is 30.3 Å². The van der Waals surface area contributed by atoms with Gasteiger partial charge in [-0.15, -0.1) is 0 Å². The second kappa shape index (κ2) is 7.09. The van der Waals surface area contributed by atoms with Gasteiger partial charge in [0.05, 0.1) is 28.4 Å². The maximum Gasteiger partial charge on any atom is 0.255 e. The van der Waals surface area contributed by atoms with Crippen molar-refractivity contribution < 1.29 is 4.79 Å². The van der Waals surface area contributed by atoms with E-state index in [0.717, 1.165) is 20.9 Å². The van der Waals surface area contributed by atoms with Gasteiger partial charge in [-0.2, -0.15) is 5.10 Å². The molecule has 2 aromatic carbocycles. The molecule has 0 aliphatic carbocycles. The van der Waals surface area contributed by atoms with Crippen LogP contribution in [0, 0.1) is 0 Å². The number of hydrogen-bond acceptors (Lipinski definition) is 3. The van der Waals surface area contributed by atoms with Gasteiger partial charge in [0, 0.05) is 23.3 Å². The first-order valence-corrected chi connectivity index (χ1v) is 8.90. The summed E-state index contributed by atoms with van der Waals surface area (Å²) in [7, 11) is 0. The van der Waals surface area contributed by atoms with Gasteiger partial charge in [0.15, 0.2) is 0 Å². The van der Waals surface area contributed by atoms with E-state index >= 15 is 0 Å². The first-order valence-electron chi connectivity index (χ1n) is 8.11. The van der Waals surface area contributed by atoms with Gasteiger partial charge in [-0.25, -0.2) is 0 Å². The minimum Gasteiger partial charge on any atom is -0.320 e. The van der Waals surface area contributed by atoms with E-state index in [-0.39, 0.29) is 5.91 Å². The van der Waals surface area contributed by atoms with Gasteiger partial charge in [-0.3, -0.25) is 14.5 Å². The molecule has 4 rings (SSSR count). The SMILES string of the molecule is O=C(Nc1cccc2cccnc12)c1ccc(Cn2cc(Br)cn2)cc1. The number of benzene rings is 2. The van der Waals surface area contributed by atoms with Crippen LogP contribution < -0.4 is 5.32 Å². The molecular weight excluding hydrogens is 392 g/mol. The summed E-state index contributed by atoms with van der Waals surface area (Å²) in [6.45, 7) is 0.654. The normalized spacial score (nSPS) is 10.8. The molecule has 0 atom stereocenters. The Labute approximate surface area is 158 Å². The van der Waals surface area contributed by atoms with E-state index in [1.54, 1.807) is 12.4 Å². The zero-order valence-electron chi connectivity index (χ0n) is 13.8. The predicted molar refractivity (Wildman–Crippen MR) is 105 cm³/mol. The molecular formula is C20H15BrN4O. The van der Waals surface area contributed by atoms with Crippen molar-refractivity contribution in [1.82, 2.24) is 14.8 Å². The highest BCUT2D eigenvalue weighted by molar-refractivity contribution is 9.10. The molecule has 6 heteroatoms. The predicted octanol–water partition coefficient (Wildman–Crippen LogP) is 4.49. The van der Waals surface area contributed by atoms with Crippen LogP contribution in [0.25, 0.3) is 10.9 Å². The number of para-hydroxylation sites is 1. The number of anilines is 1. The van der Waals surface area contributed by atoms with E-state index in [9.17, 15) is 4.79 Å². The molecule has 0 bridgehead atoms. The molecule has 0 saturated heterocycles. The Kier molecular flexibility index (Phi) is 4.50. The van der Waals surface area contributed by atoms with Gasteiger partial charge in [-0.05, 0) is 45.8 Å². The fraction of sp³-hybridized carbons (Fsp3) is 0.0500. The Balaban J connectivity index is 1.51. The Morgan fingerprint density at radius 2 is 1.88 bits per heavy atom. The maximum atomic E-state index is 12.6. The highest BCUT2D eigenvalue weighted by atomic mass is 79.9. The number of halogens is 1. The molecule has 2 heterocycles.